The fraction of sp³-hybridized carbons (Fsp3) is 0.409. The van der Waals surface area contributed by atoms with E-state index in [0.29, 0.717) is 25.4 Å². The first-order valence-corrected chi connectivity index (χ1v) is 12.1. The molecule has 1 fully saturated rings. The van der Waals surface area contributed by atoms with Gasteiger partial charge in [0, 0.05) is 26.2 Å². The number of sulfonamides is 1. The third-order valence-electron chi connectivity index (χ3n) is 5.21. The minimum atomic E-state index is -3.98. The summed E-state index contributed by atoms with van der Waals surface area (Å²) in [6, 6.07) is 12.8. The SMILES string of the molecule is CCOc1ccc(S(=O)(=O)N[C@@H](Cc2ccccc2)C(=O)N2CCN(C)CC2)cc1Cl. The van der Waals surface area contributed by atoms with Crippen LogP contribution in [0.5, 0.6) is 5.75 Å². The Bertz CT molecular complexity index is 993. The molecule has 1 heterocycles. The smallest absolute Gasteiger partial charge is 0.241 e. The molecule has 2 aromatic rings. The third-order valence-corrected chi connectivity index (χ3v) is 6.97. The molecule has 0 radical (unpaired) electrons. The minimum absolute atomic E-state index is 0.00908. The number of likely N-dealkylation sites (N-methyl/N-ethyl adjacent to an activating group) is 1. The first kappa shape index (κ1) is 23.5. The van der Waals surface area contributed by atoms with Crippen molar-refractivity contribution in [3.63, 3.8) is 0 Å². The van der Waals surface area contributed by atoms with Crippen molar-refractivity contribution in [2.75, 3.05) is 39.8 Å². The highest BCUT2D eigenvalue weighted by molar-refractivity contribution is 7.89. The Labute approximate surface area is 189 Å². The first-order chi connectivity index (χ1) is 14.8. The number of nitrogens with zero attached hydrogens (tertiary/aromatic N) is 2. The Morgan fingerprint density at radius 1 is 1.13 bits per heavy atom. The van der Waals surface area contributed by atoms with Crippen LogP contribution in [0.4, 0.5) is 0 Å². The van der Waals surface area contributed by atoms with Gasteiger partial charge in [-0.1, -0.05) is 41.9 Å². The predicted molar refractivity (Wildman–Crippen MR) is 121 cm³/mol. The van der Waals surface area contributed by atoms with Gasteiger partial charge in [0.25, 0.3) is 0 Å². The molecule has 0 spiro atoms. The van der Waals surface area contributed by atoms with Crippen LogP contribution in [0.3, 0.4) is 0 Å². The molecule has 1 amide bonds. The van der Waals surface area contributed by atoms with Gasteiger partial charge in [-0.25, -0.2) is 8.42 Å². The fourth-order valence-corrected chi connectivity index (χ4v) is 4.97. The molecule has 1 saturated heterocycles. The van der Waals surface area contributed by atoms with Gasteiger partial charge in [0.05, 0.1) is 16.5 Å². The summed E-state index contributed by atoms with van der Waals surface area (Å²) in [4.78, 5) is 17.1. The molecular formula is C22H28ClN3O4S. The molecule has 168 valence electrons. The number of carbonyl (C=O) groups excluding carboxylic acids is 1. The van der Waals surface area contributed by atoms with E-state index in [1.807, 2.05) is 44.3 Å². The molecule has 2 aromatic carbocycles. The van der Waals surface area contributed by atoms with Gasteiger partial charge < -0.3 is 14.5 Å². The molecule has 0 bridgehead atoms. The van der Waals surface area contributed by atoms with E-state index in [9.17, 15) is 13.2 Å². The van der Waals surface area contributed by atoms with Crippen LogP contribution in [0.1, 0.15) is 12.5 Å². The number of nitrogens with one attached hydrogen (secondary N) is 1. The monoisotopic (exact) mass is 465 g/mol. The van der Waals surface area contributed by atoms with E-state index in [4.69, 9.17) is 16.3 Å². The maximum absolute atomic E-state index is 13.3. The van der Waals surface area contributed by atoms with E-state index < -0.39 is 16.1 Å². The largest absolute Gasteiger partial charge is 0.492 e. The number of hydrogen-bond acceptors (Lipinski definition) is 5. The lowest BCUT2D eigenvalue weighted by atomic mass is 10.1. The quantitative estimate of drug-likeness (QED) is 0.647. The molecule has 1 atom stereocenters. The minimum Gasteiger partial charge on any atom is -0.492 e. The number of carbonyl (C=O) groups is 1. The van der Waals surface area contributed by atoms with E-state index in [1.54, 1.807) is 4.90 Å². The van der Waals surface area contributed by atoms with Crippen molar-refractivity contribution >= 4 is 27.5 Å². The molecule has 0 unspecified atom stereocenters. The molecule has 7 nitrogen and oxygen atoms in total. The number of halogens is 1. The first-order valence-electron chi connectivity index (χ1n) is 10.3. The van der Waals surface area contributed by atoms with Crippen LogP contribution in [0.2, 0.25) is 5.02 Å². The van der Waals surface area contributed by atoms with Crippen molar-refractivity contribution in [1.29, 1.82) is 0 Å². The van der Waals surface area contributed by atoms with Gasteiger partial charge in [-0.05, 0) is 44.2 Å². The maximum atomic E-state index is 13.3. The second kappa shape index (κ2) is 10.5. The molecule has 0 aliphatic carbocycles. The highest BCUT2D eigenvalue weighted by atomic mass is 35.5. The summed E-state index contributed by atoms with van der Waals surface area (Å²) in [7, 11) is -1.97. The summed E-state index contributed by atoms with van der Waals surface area (Å²) in [5.41, 5.74) is 0.877. The number of benzene rings is 2. The topological polar surface area (TPSA) is 78.9 Å². The van der Waals surface area contributed by atoms with Gasteiger partial charge in [-0.15, -0.1) is 0 Å². The van der Waals surface area contributed by atoms with Crippen molar-refractivity contribution in [2.45, 2.75) is 24.3 Å². The van der Waals surface area contributed by atoms with Crippen molar-refractivity contribution in [2.24, 2.45) is 0 Å². The summed E-state index contributed by atoms with van der Waals surface area (Å²) in [6.07, 6.45) is 0.260. The van der Waals surface area contributed by atoms with E-state index >= 15 is 0 Å². The van der Waals surface area contributed by atoms with Crippen molar-refractivity contribution in [3.8, 4) is 5.75 Å². The van der Waals surface area contributed by atoms with Gasteiger partial charge in [-0.2, -0.15) is 4.72 Å². The normalized spacial score (nSPS) is 16.2. The Morgan fingerprint density at radius 2 is 1.81 bits per heavy atom. The predicted octanol–water partition coefficient (Wildman–Crippen LogP) is 2.40. The Hall–Kier alpha value is -2.13. The zero-order valence-corrected chi connectivity index (χ0v) is 19.3. The summed E-state index contributed by atoms with van der Waals surface area (Å²) in [6.45, 7) is 4.88. The Morgan fingerprint density at radius 3 is 2.42 bits per heavy atom. The third kappa shape index (κ3) is 6.20. The molecule has 31 heavy (non-hydrogen) atoms. The van der Waals surface area contributed by atoms with Gasteiger partial charge in [0.2, 0.25) is 15.9 Å². The molecule has 9 heteroatoms. The van der Waals surface area contributed by atoms with E-state index in [2.05, 4.69) is 9.62 Å². The number of rotatable bonds is 8. The van der Waals surface area contributed by atoms with Crippen LogP contribution in [0.25, 0.3) is 0 Å². The second-order valence-corrected chi connectivity index (χ2v) is 9.64. The van der Waals surface area contributed by atoms with Gasteiger partial charge in [-0.3, -0.25) is 4.79 Å². The van der Waals surface area contributed by atoms with Crippen LogP contribution >= 0.6 is 11.6 Å². The van der Waals surface area contributed by atoms with Crippen LogP contribution in [-0.2, 0) is 21.2 Å². The molecule has 1 N–H and O–H groups in total. The number of amides is 1. The van der Waals surface area contributed by atoms with Crippen molar-refractivity contribution < 1.29 is 17.9 Å². The van der Waals surface area contributed by atoms with Gasteiger partial charge in [0.15, 0.2) is 0 Å². The van der Waals surface area contributed by atoms with Gasteiger partial charge >= 0.3 is 0 Å². The zero-order valence-electron chi connectivity index (χ0n) is 17.8. The van der Waals surface area contributed by atoms with E-state index in [0.717, 1.165) is 18.7 Å². The lowest BCUT2D eigenvalue weighted by Gasteiger charge is -2.34. The summed E-state index contributed by atoms with van der Waals surface area (Å²) in [5, 5.41) is 0.203. The second-order valence-electron chi connectivity index (χ2n) is 7.52. The molecule has 1 aliphatic heterocycles. The average Bonchev–Trinajstić information content (AvgIpc) is 2.75. The standard InChI is InChI=1S/C22H28ClN3O4S/c1-3-30-21-10-9-18(16-19(21)23)31(28,29)24-20(15-17-7-5-4-6-8-17)22(27)26-13-11-25(2)12-14-26/h4-10,16,20,24H,3,11-15H2,1-2H3/t20-/m0/s1. The zero-order chi connectivity index (χ0) is 22.4. The lowest BCUT2D eigenvalue weighted by molar-refractivity contribution is -0.134. The van der Waals surface area contributed by atoms with Gasteiger partial charge in [0.1, 0.15) is 11.8 Å². The van der Waals surface area contributed by atoms with Crippen LogP contribution in [-0.4, -0.2) is 70.0 Å². The molecule has 3 rings (SSSR count). The molecule has 0 saturated carbocycles. The van der Waals surface area contributed by atoms with Crippen LogP contribution in [0, 0.1) is 0 Å². The molecular weight excluding hydrogens is 438 g/mol. The maximum Gasteiger partial charge on any atom is 0.241 e. The number of ether oxygens (including phenoxy) is 1. The van der Waals surface area contributed by atoms with E-state index in [-0.39, 0.29) is 22.2 Å². The average molecular weight is 466 g/mol. The van der Waals surface area contributed by atoms with E-state index in [1.165, 1.54) is 18.2 Å². The number of piperazine rings is 1. The van der Waals surface area contributed by atoms with Crippen molar-refractivity contribution in [1.82, 2.24) is 14.5 Å². The highest BCUT2D eigenvalue weighted by Crippen LogP contribution is 2.27. The highest BCUT2D eigenvalue weighted by Gasteiger charge is 2.31. The lowest BCUT2D eigenvalue weighted by Crippen LogP contribution is -2.54. The fourth-order valence-electron chi connectivity index (χ4n) is 3.45. The molecule has 0 aromatic heterocycles. The molecule has 1 aliphatic rings. The summed E-state index contributed by atoms with van der Waals surface area (Å²) < 4.78 is 34.2. The number of hydrogen-bond donors (Lipinski definition) is 1. The van der Waals surface area contributed by atoms with Crippen molar-refractivity contribution in [3.05, 3.63) is 59.1 Å². The summed E-state index contributed by atoms with van der Waals surface area (Å²) in [5.74, 6) is 0.190. The Balaban J connectivity index is 1.84. The summed E-state index contributed by atoms with van der Waals surface area (Å²) >= 11 is 6.18. The van der Waals surface area contributed by atoms with Crippen LogP contribution in [0.15, 0.2) is 53.4 Å². The van der Waals surface area contributed by atoms with Crippen LogP contribution < -0.4 is 9.46 Å². The Kier molecular flexibility index (Phi) is 7.94.